The van der Waals surface area contributed by atoms with Crippen LogP contribution in [0.2, 0.25) is 0 Å². The van der Waals surface area contributed by atoms with Crippen LogP contribution in [0.15, 0.2) is 89.0 Å². The molecule has 0 aliphatic rings. The zero-order valence-corrected chi connectivity index (χ0v) is 17.3. The number of aliphatic hydroxyl groups is 1. The SMILES string of the molecule is O=c1[nH]c2scc(-c3cccc(-c4cccc(CO)c4)c3)c2c(O)c1-c1ccccc1. The number of H-pyrrole nitrogens is 1. The van der Waals surface area contributed by atoms with Crippen LogP contribution in [-0.2, 0) is 6.61 Å². The summed E-state index contributed by atoms with van der Waals surface area (Å²) >= 11 is 1.40. The molecule has 2 heterocycles. The molecule has 0 saturated carbocycles. The first-order valence-corrected chi connectivity index (χ1v) is 10.8. The first-order chi connectivity index (χ1) is 15.2. The first kappa shape index (κ1) is 19.3. The number of aromatic nitrogens is 1. The number of hydrogen-bond donors (Lipinski definition) is 3. The monoisotopic (exact) mass is 425 g/mol. The van der Waals surface area contributed by atoms with E-state index in [0.29, 0.717) is 15.8 Å². The van der Waals surface area contributed by atoms with Crippen molar-refractivity contribution in [3.8, 4) is 39.1 Å². The summed E-state index contributed by atoms with van der Waals surface area (Å²) in [6.07, 6.45) is 0. The minimum absolute atomic E-state index is 0.00567. The van der Waals surface area contributed by atoms with Gasteiger partial charge in [0.05, 0.1) is 17.6 Å². The fourth-order valence-electron chi connectivity index (χ4n) is 3.88. The van der Waals surface area contributed by atoms with Crippen molar-refractivity contribution in [1.29, 1.82) is 0 Å². The third-order valence-corrected chi connectivity index (χ3v) is 6.29. The standard InChI is InChI=1S/C26H19NO3S/c28-14-16-6-4-9-18(12-16)19-10-5-11-20(13-19)21-15-31-26-23(21)24(29)22(25(30)27-26)17-7-2-1-3-8-17/h1-13,15,28H,14H2,(H2,27,29,30). The van der Waals surface area contributed by atoms with Gasteiger partial charge in [-0.2, -0.15) is 0 Å². The lowest BCUT2D eigenvalue weighted by molar-refractivity contribution is 0.282. The van der Waals surface area contributed by atoms with Crippen LogP contribution in [0.25, 0.3) is 43.6 Å². The van der Waals surface area contributed by atoms with E-state index in [2.05, 4.69) is 11.1 Å². The van der Waals surface area contributed by atoms with E-state index in [1.165, 1.54) is 11.3 Å². The van der Waals surface area contributed by atoms with Gasteiger partial charge in [0.15, 0.2) is 0 Å². The predicted molar refractivity (Wildman–Crippen MR) is 126 cm³/mol. The normalized spacial score (nSPS) is 11.1. The molecule has 5 aromatic rings. The van der Waals surface area contributed by atoms with E-state index in [9.17, 15) is 15.0 Å². The number of aromatic amines is 1. The van der Waals surface area contributed by atoms with Crippen molar-refractivity contribution in [1.82, 2.24) is 4.98 Å². The maximum absolute atomic E-state index is 12.7. The summed E-state index contributed by atoms with van der Waals surface area (Å²) in [7, 11) is 0. The first-order valence-electron chi connectivity index (χ1n) is 9.88. The minimum Gasteiger partial charge on any atom is -0.506 e. The lowest BCUT2D eigenvalue weighted by atomic mass is 9.97. The molecular formula is C26H19NO3S. The average molecular weight is 426 g/mol. The maximum atomic E-state index is 12.7. The van der Waals surface area contributed by atoms with Crippen LogP contribution in [0.3, 0.4) is 0 Å². The molecule has 0 saturated heterocycles. The Morgan fingerprint density at radius 3 is 2.26 bits per heavy atom. The van der Waals surface area contributed by atoms with Crippen molar-refractivity contribution in [2.24, 2.45) is 0 Å². The van der Waals surface area contributed by atoms with Gasteiger partial charge in [-0.25, -0.2) is 0 Å². The Hall–Kier alpha value is -3.67. The van der Waals surface area contributed by atoms with Gasteiger partial charge in [0.1, 0.15) is 10.6 Å². The Morgan fingerprint density at radius 2 is 1.48 bits per heavy atom. The van der Waals surface area contributed by atoms with E-state index in [4.69, 9.17) is 0 Å². The Kier molecular flexibility index (Phi) is 4.90. The van der Waals surface area contributed by atoms with Crippen LogP contribution >= 0.6 is 11.3 Å². The van der Waals surface area contributed by atoms with Crippen LogP contribution in [0.4, 0.5) is 0 Å². The lowest BCUT2D eigenvalue weighted by Crippen LogP contribution is -2.08. The number of thiophene rings is 1. The van der Waals surface area contributed by atoms with Gasteiger partial charge in [-0.15, -0.1) is 11.3 Å². The summed E-state index contributed by atoms with van der Waals surface area (Å²) in [5.74, 6) is -0.00567. The van der Waals surface area contributed by atoms with Crippen LogP contribution < -0.4 is 5.56 Å². The number of pyridine rings is 1. The van der Waals surface area contributed by atoms with Gasteiger partial charge in [-0.05, 0) is 39.9 Å². The highest BCUT2D eigenvalue weighted by atomic mass is 32.1. The van der Waals surface area contributed by atoms with E-state index in [-0.39, 0.29) is 23.5 Å². The molecule has 0 radical (unpaired) electrons. The topological polar surface area (TPSA) is 73.3 Å². The molecule has 152 valence electrons. The number of aliphatic hydroxyl groups excluding tert-OH is 1. The molecule has 31 heavy (non-hydrogen) atoms. The van der Waals surface area contributed by atoms with Gasteiger partial charge in [-0.3, -0.25) is 4.79 Å². The fraction of sp³-hybridized carbons (Fsp3) is 0.0385. The highest BCUT2D eigenvalue weighted by Gasteiger charge is 2.19. The highest BCUT2D eigenvalue weighted by molar-refractivity contribution is 7.17. The zero-order chi connectivity index (χ0) is 21.4. The second kappa shape index (κ2) is 7.87. The summed E-state index contributed by atoms with van der Waals surface area (Å²) in [4.78, 5) is 16.2. The predicted octanol–water partition coefficient (Wildman–Crippen LogP) is 5.79. The van der Waals surface area contributed by atoms with Crippen molar-refractivity contribution in [2.45, 2.75) is 6.61 Å². The molecule has 0 spiro atoms. The van der Waals surface area contributed by atoms with Gasteiger partial charge in [0.2, 0.25) is 0 Å². The molecular weight excluding hydrogens is 406 g/mol. The largest absolute Gasteiger partial charge is 0.506 e. The summed E-state index contributed by atoms with van der Waals surface area (Å²) < 4.78 is 0. The summed E-state index contributed by atoms with van der Waals surface area (Å²) in [6.45, 7) is -0.00774. The summed E-state index contributed by atoms with van der Waals surface area (Å²) in [5.41, 5.74) is 5.33. The van der Waals surface area contributed by atoms with E-state index < -0.39 is 0 Å². The Labute approximate surface area is 182 Å². The third-order valence-electron chi connectivity index (χ3n) is 5.40. The van der Waals surface area contributed by atoms with Gasteiger partial charge < -0.3 is 15.2 Å². The van der Waals surface area contributed by atoms with Gasteiger partial charge in [0.25, 0.3) is 5.56 Å². The van der Waals surface area contributed by atoms with E-state index in [1.807, 2.05) is 78.2 Å². The number of hydrogen-bond acceptors (Lipinski definition) is 4. The molecule has 0 unspecified atom stereocenters. The molecule has 0 aliphatic carbocycles. The zero-order valence-electron chi connectivity index (χ0n) is 16.5. The molecule has 5 heteroatoms. The van der Waals surface area contributed by atoms with Gasteiger partial charge >= 0.3 is 0 Å². The molecule has 3 N–H and O–H groups in total. The molecule has 3 aromatic carbocycles. The molecule has 0 atom stereocenters. The van der Waals surface area contributed by atoms with E-state index >= 15 is 0 Å². The van der Waals surface area contributed by atoms with Crippen LogP contribution in [0.1, 0.15) is 5.56 Å². The summed E-state index contributed by atoms with van der Waals surface area (Å²) in [6, 6.07) is 25.0. The van der Waals surface area contributed by atoms with Crippen molar-refractivity contribution in [3.63, 3.8) is 0 Å². The molecule has 0 fully saturated rings. The molecule has 4 nitrogen and oxygen atoms in total. The number of aromatic hydroxyl groups is 1. The quantitative estimate of drug-likeness (QED) is 0.341. The maximum Gasteiger partial charge on any atom is 0.260 e. The van der Waals surface area contributed by atoms with Crippen molar-refractivity contribution in [2.75, 3.05) is 0 Å². The fourth-order valence-corrected chi connectivity index (χ4v) is 4.85. The van der Waals surface area contributed by atoms with Gasteiger partial charge in [-0.1, -0.05) is 66.7 Å². The third kappa shape index (κ3) is 3.44. The molecule has 0 aliphatic heterocycles. The summed E-state index contributed by atoms with van der Waals surface area (Å²) in [5, 5.41) is 23.2. The van der Waals surface area contributed by atoms with Crippen molar-refractivity contribution >= 4 is 21.6 Å². The highest BCUT2D eigenvalue weighted by Crippen LogP contribution is 2.42. The number of rotatable bonds is 4. The molecule has 0 amide bonds. The van der Waals surface area contributed by atoms with Crippen LogP contribution in [0.5, 0.6) is 5.75 Å². The lowest BCUT2D eigenvalue weighted by Gasteiger charge is -2.09. The van der Waals surface area contributed by atoms with Crippen LogP contribution in [0, 0.1) is 0 Å². The Bertz CT molecular complexity index is 1450. The second-order valence-corrected chi connectivity index (χ2v) is 8.22. The molecule has 0 bridgehead atoms. The number of nitrogens with one attached hydrogen (secondary N) is 1. The Balaban J connectivity index is 1.69. The molecule has 5 rings (SSSR count). The average Bonchev–Trinajstić information content (AvgIpc) is 3.24. The minimum atomic E-state index is -0.306. The van der Waals surface area contributed by atoms with Crippen LogP contribution in [-0.4, -0.2) is 15.2 Å². The van der Waals surface area contributed by atoms with Crippen molar-refractivity contribution < 1.29 is 10.2 Å². The smallest absolute Gasteiger partial charge is 0.260 e. The second-order valence-electron chi connectivity index (χ2n) is 7.34. The van der Waals surface area contributed by atoms with Gasteiger partial charge in [0, 0.05) is 10.9 Å². The van der Waals surface area contributed by atoms with E-state index in [1.54, 1.807) is 0 Å². The number of benzene rings is 3. The number of fused-ring (bicyclic) bond motifs is 1. The molecule has 2 aromatic heterocycles. The van der Waals surface area contributed by atoms with E-state index in [0.717, 1.165) is 27.8 Å². The van der Waals surface area contributed by atoms with Crippen molar-refractivity contribution in [3.05, 3.63) is 100 Å². The Morgan fingerprint density at radius 1 is 0.806 bits per heavy atom.